The van der Waals surface area contributed by atoms with Gasteiger partial charge in [-0.1, -0.05) is 23.7 Å². The Bertz CT molecular complexity index is 1300. The predicted octanol–water partition coefficient (Wildman–Crippen LogP) is 4.13. The molecule has 11 heteroatoms. The molecule has 0 aromatic heterocycles. The van der Waals surface area contributed by atoms with Crippen molar-refractivity contribution in [1.82, 2.24) is 14.9 Å². The van der Waals surface area contributed by atoms with Gasteiger partial charge in [-0.2, -0.15) is 4.31 Å². The van der Waals surface area contributed by atoms with Gasteiger partial charge in [-0.05, 0) is 94.1 Å². The van der Waals surface area contributed by atoms with Gasteiger partial charge in [0.15, 0.2) is 0 Å². The predicted molar refractivity (Wildman–Crippen MR) is 158 cm³/mol. The second-order valence-corrected chi connectivity index (χ2v) is 15.0. The quantitative estimate of drug-likeness (QED) is 0.409. The van der Waals surface area contributed by atoms with E-state index < -0.39 is 27.8 Å². The maximum atomic E-state index is 15.0. The number of amides is 1. The van der Waals surface area contributed by atoms with Crippen LogP contribution in [0.15, 0.2) is 47.4 Å². The van der Waals surface area contributed by atoms with Crippen LogP contribution in [0.2, 0.25) is 5.02 Å². The number of sulfonamides is 1. The van der Waals surface area contributed by atoms with E-state index in [9.17, 15) is 13.2 Å². The van der Waals surface area contributed by atoms with Crippen LogP contribution in [0.25, 0.3) is 0 Å². The zero-order valence-corrected chi connectivity index (χ0v) is 25.4. The molecule has 0 saturated carbocycles. The van der Waals surface area contributed by atoms with Gasteiger partial charge in [0, 0.05) is 42.7 Å². The molecule has 6 atom stereocenters. The van der Waals surface area contributed by atoms with Crippen molar-refractivity contribution in [2.24, 2.45) is 11.7 Å². The lowest BCUT2D eigenvalue weighted by Gasteiger charge is -2.41. The number of nitrogens with zero attached hydrogens (tertiary/aromatic N) is 1. The van der Waals surface area contributed by atoms with Crippen LogP contribution in [0.1, 0.15) is 70.3 Å². The molecular weight excluding hydrogens is 567 g/mol. The summed E-state index contributed by atoms with van der Waals surface area (Å²) < 4.78 is 48.3. The van der Waals surface area contributed by atoms with E-state index in [1.165, 1.54) is 6.08 Å². The van der Waals surface area contributed by atoms with Crippen LogP contribution in [0.3, 0.4) is 0 Å². The van der Waals surface area contributed by atoms with Gasteiger partial charge >= 0.3 is 0 Å². The van der Waals surface area contributed by atoms with E-state index in [2.05, 4.69) is 10.6 Å². The standard InChI is InChI=1S/C30H42ClFN4O4S/c1-30(2)16-21(13-14-40-30)26(19-5-9-22(31)10-6-19)27(33)29(37)35-28-20(8-12-25(28)32)7-11-24-17-34-23-4-3-15-41(38,39)36(24)18-23/h5-6,9-10,12,21,23-24,26-27,34H,3-4,7-8,11,13-18,33H2,1-2H3,(H,35,37)/t21-,23+,24-,26-,27-/m0/s1. The molecule has 2 bridgehead atoms. The molecule has 0 radical (unpaired) electrons. The zero-order valence-electron chi connectivity index (χ0n) is 23.9. The summed E-state index contributed by atoms with van der Waals surface area (Å²) in [7, 11) is -3.31. The van der Waals surface area contributed by atoms with E-state index in [0.717, 1.165) is 30.4 Å². The summed E-state index contributed by atoms with van der Waals surface area (Å²) in [4.78, 5) is 13.6. The molecular formula is C30H42ClFN4O4S. The molecule has 226 valence electrons. The van der Waals surface area contributed by atoms with E-state index >= 15 is 4.39 Å². The summed E-state index contributed by atoms with van der Waals surface area (Å²) in [6, 6.07) is 6.47. The Hall–Kier alpha value is -1.82. The number of piperazine rings is 1. The third-order valence-corrected chi connectivity index (χ3v) is 11.3. The third-order valence-electron chi connectivity index (χ3n) is 9.10. The minimum absolute atomic E-state index is 0.0938. The highest BCUT2D eigenvalue weighted by Gasteiger charge is 2.40. The number of rotatable bonds is 8. The molecule has 3 fully saturated rings. The first-order valence-electron chi connectivity index (χ1n) is 14.7. The molecule has 3 aliphatic heterocycles. The van der Waals surface area contributed by atoms with Crippen molar-refractivity contribution in [2.75, 3.05) is 25.4 Å². The molecule has 3 saturated heterocycles. The number of fused-ring (bicyclic) bond motifs is 2. The first kappa shape index (κ1) is 30.6. The van der Waals surface area contributed by atoms with E-state index in [-0.39, 0.29) is 41.0 Å². The Morgan fingerprint density at radius 2 is 2.05 bits per heavy atom. The van der Waals surface area contributed by atoms with Crippen LogP contribution in [0.4, 0.5) is 4.39 Å². The van der Waals surface area contributed by atoms with Crippen molar-refractivity contribution in [1.29, 1.82) is 0 Å². The van der Waals surface area contributed by atoms with Crippen molar-refractivity contribution in [3.05, 3.63) is 58.0 Å². The molecule has 1 aliphatic carbocycles. The number of nitrogens with two attached hydrogens (primary N) is 1. The van der Waals surface area contributed by atoms with Gasteiger partial charge in [0.2, 0.25) is 15.9 Å². The minimum Gasteiger partial charge on any atom is -0.376 e. The van der Waals surface area contributed by atoms with E-state index in [1.807, 2.05) is 26.0 Å². The Balaban J connectivity index is 1.32. The number of carbonyl (C=O) groups excluding carboxylic acids is 1. The largest absolute Gasteiger partial charge is 0.376 e. The van der Waals surface area contributed by atoms with Crippen LogP contribution in [-0.2, 0) is 19.6 Å². The van der Waals surface area contributed by atoms with Crippen LogP contribution < -0.4 is 16.4 Å². The fourth-order valence-corrected chi connectivity index (χ4v) is 8.89. The molecule has 1 aromatic carbocycles. The molecule has 1 unspecified atom stereocenters. The number of halogens is 2. The lowest BCUT2D eigenvalue weighted by Crippen LogP contribution is -2.57. The van der Waals surface area contributed by atoms with Gasteiger partial charge in [-0.3, -0.25) is 4.79 Å². The fourth-order valence-electron chi connectivity index (χ4n) is 6.96. The van der Waals surface area contributed by atoms with Crippen LogP contribution in [0, 0.1) is 5.92 Å². The van der Waals surface area contributed by atoms with Gasteiger partial charge in [-0.25, -0.2) is 12.8 Å². The highest BCUT2D eigenvalue weighted by Crippen LogP contribution is 2.40. The maximum Gasteiger partial charge on any atom is 0.242 e. The lowest BCUT2D eigenvalue weighted by molar-refractivity contribution is -0.123. The van der Waals surface area contributed by atoms with Crippen molar-refractivity contribution in [3.63, 3.8) is 0 Å². The van der Waals surface area contributed by atoms with Gasteiger partial charge in [0.25, 0.3) is 0 Å². The fraction of sp³-hybridized carbons (Fsp3) is 0.633. The monoisotopic (exact) mass is 608 g/mol. The summed E-state index contributed by atoms with van der Waals surface area (Å²) in [5.41, 5.74) is 8.19. The summed E-state index contributed by atoms with van der Waals surface area (Å²) in [6.07, 6.45) is 5.86. The molecule has 41 heavy (non-hydrogen) atoms. The average Bonchev–Trinajstić information content (AvgIpc) is 3.21. The minimum atomic E-state index is -3.31. The van der Waals surface area contributed by atoms with Crippen molar-refractivity contribution in [2.45, 2.75) is 88.4 Å². The van der Waals surface area contributed by atoms with Gasteiger partial charge in [0.1, 0.15) is 5.83 Å². The number of ether oxygens (including phenoxy) is 1. The first-order valence-corrected chi connectivity index (χ1v) is 16.7. The van der Waals surface area contributed by atoms with E-state index in [0.29, 0.717) is 50.4 Å². The Morgan fingerprint density at radius 1 is 1.29 bits per heavy atom. The summed E-state index contributed by atoms with van der Waals surface area (Å²) in [5.74, 6) is -0.956. The van der Waals surface area contributed by atoms with E-state index in [4.69, 9.17) is 22.1 Å². The third kappa shape index (κ3) is 7.05. The molecule has 1 aromatic rings. The molecule has 8 nitrogen and oxygen atoms in total. The normalized spacial score (nSPS) is 30.7. The number of nitrogens with one attached hydrogen (secondary N) is 2. The van der Waals surface area contributed by atoms with Crippen molar-refractivity contribution < 1.29 is 22.3 Å². The number of hydrogen-bond acceptors (Lipinski definition) is 6. The molecule has 4 N–H and O–H groups in total. The molecule has 0 spiro atoms. The number of carbonyl (C=O) groups is 1. The maximum absolute atomic E-state index is 15.0. The first-order chi connectivity index (χ1) is 19.4. The zero-order chi connectivity index (χ0) is 29.4. The second-order valence-electron chi connectivity index (χ2n) is 12.5. The Labute approximate surface area is 247 Å². The number of allylic oxidation sites excluding steroid dienone is 3. The van der Waals surface area contributed by atoms with Gasteiger partial charge in [-0.15, -0.1) is 0 Å². The molecule has 4 aliphatic rings. The van der Waals surface area contributed by atoms with Gasteiger partial charge in [0.05, 0.1) is 23.1 Å². The molecule has 3 heterocycles. The highest BCUT2D eigenvalue weighted by molar-refractivity contribution is 7.89. The van der Waals surface area contributed by atoms with Crippen molar-refractivity contribution >= 4 is 27.5 Å². The summed E-state index contributed by atoms with van der Waals surface area (Å²) in [5, 5.41) is 6.90. The van der Waals surface area contributed by atoms with Crippen LogP contribution in [0.5, 0.6) is 0 Å². The van der Waals surface area contributed by atoms with Gasteiger partial charge < -0.3 is 21.1 Å². The summed E-state index contributed by atoms with van der Waals surface area (Å²) >= 11 is 6.15. The number of benzene rings is 1. The van der Waals surface area contributed by atoms with E-state index in [1.54, 1.807) is 16.4 Å². The average molecular weight is 609 g/mol. The Kier molecular flexibility index (Phi) is 9.28. The SMILES string of the molecule is CC1(C)C[C@@H]([C@H](c2ccc(Cl)cc2)[C@H](N)C(=O)NC2=C(CC[C@H]3CN[C@@H]4CCCS(=O)(=O)N3C4)CC=C2F)CCO1. The van der Waals surface area contributed by atoms with Crippen LogP contribution in [-0.4, -0.2) is 67.8 Å². The second kappa shape index (κ2) is 12.4. The molecule has 5 rings (SSSR count). The smallest absolute Gasteiger partial charge is 0.242 e. The summed E-state index contributed by atoms with van der Waals surface area (Å²) in [6.45, 7) is 5.71. The number of hydrogen-bond donors (Lipinski definition) is 3. The lowest BCUT2D eigenvalue weighted by atomic mass is 9.73. The molecule has 1 amide bonds. The van der Waals surface area contributed by atoms with Crippen molar-refractivity contribution in [3.8, 4) is 0 Å². The topological polar surface area (TPSA) is 114 Å². The Morgan fingerprint density at radius 3 is 2.78 bits per heavy atom. The highest BCUT2D eigenvalue weighted by atomic mass is 35.5. The van der Waals surface area contributed by atoms with Crippen LogP contribution >= 0.6 is 11.6 Å².